The highest BCUT2D eigenvalue weighted by Gasteiger charge is 2.21. The number of amides is 2. The molecule has 128 valence electrons. The highest BCUT2D eigenvalue weighted by atomic mass is 32.1. The van der Waals surface area contributed by atoms with Crippen molar-refractivity contribution in [2.75, 3.05) is 5.32 Å². The number of hydrogen-bond acceptors (Lipinski definition) is 4. The van der Waals surface area contributed by atoms with E-state index in [1.165, 1.54) is 11.3 Å². The second-order valence-electron chi connectivity index (χ2n) is 5.62. The van der Waals surface area contributed by atoms with Gasteiger partial charge >= 0.3 is 5.97 Å². The number of aromatic carboxylic acids is 1. The second kappa shape index (κ2) is 8.67. The molecular formula is C16H24N2O4S. The number of anilines is 1. The van der Waals surface area contributed by atoms with Crippen LogP contribution in [0.15, 0.2) is 0 Å². The number of carbonyl (C=O) groups excluding carboxylic acids is 2. The second-order valence-corrected chi connectivity index (χ2v) is 6.85. The van der Waals surface area contributed by atoms with E-state index in [1.54, 1.807) is 0 Å². The van der Waals surface area contributed by atoms with Gasteiger partial charge in [0.2, 0.25) is 11.8 Å². The SMILES string of the molecule is CCc1c(C)sc(NC(=O)CCCC(=O)NC(C)C)c1C(=O)O. The highest BCUT2D eigenvalue weighted by molar-refractivity contribution is 7.16. The topological polar surface area (TPSA) is 95.5 Å². The number of carboxylic acids is 1. The minimum absolute atomic E-state index is 0.0796. The van der Waals surface area contributed by atoms with Crippen LogP contribution in [0.3, 0.4) is 0 Å². The van der Waals surface area contributed by atoms with E-state index in [9.17, 15) is 19.5 Å². The van der Waals surface area contributed by atoms with E-state index in [2.05, 4.69) is 10.6 Å². The van der Waals surface area contributed by atoms with Gasteiger partial charge in [0.25, 0.3) is 0 Å². The maximum atomic E-state index is 12.0. The van der Waals surface area contributed by atoms with E-state index in [0.29, 0.717) is 17.8 Å². The summed E-state index contributed by atoms with van der Waals surface area (Å²) in [6, 6.07) is 0.0796. The molecule has 0 spiro atoms. The molecule has 23 heavy (non-hydrogen) atoms. The zero-order chi connectivity index (χ0) is 17.6. The molecule has 3 N–H and O–H groups in total. The van der Waals surface area contributed by atoms with Crippen molar-refractivity contribution in [3.8, 4) is 0 Å². The molecule has 1 aromatic rings. The number of nitrogens with one attached hydrogen (secondary N) is 2. The van der Waals surface area contributed by atoms with Crippen molar-refractivity contribution in [2.24, 2.45) is 0 Å². The quantitative estimate of drug-likeness (QED) is 0.678. The standard InChI is InChI=1S/C16H24N2O4S/c1-5-11-10(4)23-15(14(11)16(21)22)18-13(20)8-6-7-12(19)17-9(2)3/h9H,5-8H2,1-4H3,(H,17,19)(H,18,20)(H,21,22). The third-order valence-electron chi connectivity index (χ3n) is 3.29. The summed E-state index contributed by atoms with van der Waals surface area (Å²) in [6.45, 7) is 7.49. The number of aryl methyl sites for hydroxylation is 1. The van der Waals surface area contributed by atoms with Crippen LogP contribution in [0, 0.1) is 6.92 Å². The molecule has 2 amide bonds. The maximum Gasteiger partial charge on any atom is 0.339 e. The predicted molar refractivity (Wildman–Crippen MR) is 91.2 cm³/mol. The third-order valence-corrected chi connectivity index (χ3v) is 4.35. The Labute approximate surface area is 140 Å². The van der Waals surface area contributed by atoms with Crippen LogP contribution in [0.1, 0.15) is 60.8 Å². The molecule has 6 nitrogen and oxygen atoms in total. The van der Waals surface area contributed by atoms with E-state index < -0.39 is 5.97 Å². The van der Waals surface area contributed by atoms with E-state index in [0.717, 1.165) is 10.4 Å². The van der Waals surface area contributed by atoms with Gasteiger partial charge in [-0.25, -0.2) is 4.79 Å². The molecule has 7 heteroatoms. The van der Waals surface area contributed by atoms with E-state index in [4.69, 9.17) is 0 Å². The summed E-state index contributed by atoms with van der Waals surface area (Å²) in [5, 5.41) is 15.1. The monoisotopic (exact) mass is 340 g/mol. The van der Waals surface area contributed by atoms with Crippen LogP contribution in [-0.2, 0) is 16.0 Å². The van der Waals surface area contributed by atoms with Gasteiger partial charge in [-0.1, -0.05) is 6.92 Å². The molecule has 1 rings (SSSR count). The molecular weight excluding hydrogens is 316 g/mol. The molecule has 0 fully saturated rings. The molecule has 1 aromatic heterocycles. The van der Waals surface area contributed by atoms with Gasteiger partial charge in [0, 0.05) is 23.8 Å². The first-order valence-electron chi connectivity index (χ1n) is 7.71. The van der Waals surface area contributed by atoms with Gasteiger partial charge in [-0.3, -0.25) is 9.59 Å². The van der Waals surface area contributed by atoms with Crippen molar-refractivity contribution >= 4 is 34.1 Å². The summed E-state index contributed by atoms with van der Waals surface area (Å²) >= 11 is 1.28. The first kappa shape index (κ1) is 19.2. The number of rotatable bonds is 8. The largest absolute Gasteiger partial charge is 0.478 e. The van der Waals surface area contributed by atoms with Gasteiger partial charge in [0.15, 0.2) is 0 Å². The molecule has 0 atom stereocenters. The van der Waals surface area contributed by atoms with Crippen LogP contribution in [-0.4, -0.2) is 28.9 Å². The molecule has 0 radical (unpaired) electrons. The first-order chi connectivity index (χ1) is 10.8. The normalized spacial score (nSPS) is 10.7. The molecule has 0 aromatic carbocycles. The Kier molecular flexibility index (Phi) is 7.22. The Bertz CT molecular complexity index is 593. The summed E-state index contributed by atoms with van der Waals surface area (Å²) in [6.07, 6.45) is 1.50. The van der Waals surface area contributed by atoms with Crippen LogP contribution in [0.2, 0.25) is 0 Å². The Balaban J connectivity index is 2.61. The average molecular weight is 340 g/mol. The van der Waals surface area contributed by atoms with E-state index in [-0.39, 0.29) is 36.3 Å². The molecule has 1 heterocycles. The minimum atomic E-state index is -1.03. The lowest BCUT2D eigenvalue weighted by molar-refractivity contribution is -0.121. The smallest absolute Gasteiger partial charge is 0.339 e. The number of thiophene rings is 1. The summed E-state index contributed by atoms with van der Waals surface area (Å²) in [5.41, 5.74) is 0.940. The van der Waals surface area contributed by atoms with Crippen LogP contribution >= 0.6 is 11.3 Å². The Morgan fingerprint density at radius 2 is 1.78 bits per heavy atom. The number of carbonyl (C=O) groups is 3. The zero-order valence-corrected chi connectivity index (χ0v) is 14.8. The maximum absolute atomic E-state index is 12.0. The van der Waals surface area contributed by atoms with Gasteiger partial charge in [-0.2, -0.15) is 0 Å². The Morgan fingerprint density at radius 3 is 2.30 bits per heavy atom. The molecule has 0 aliphatic rings. The van der Waals surface area contributed by atoms with Gasteiger partial charge in [-0.15, -0.1) is 11.3 Å². The third kappa shape index (κ3) is 5.67. The average Bonchev–Trinajstić information content (AvgIpc) is 2.73. The fourth-order valence-electron chi connectivity index (χ4n) is 2.31. The highest BCUT2D eigenvalue weighted by Crippen LogP contribution is 2.33. The van der Waals surface area contributed by atoms with E-state index in [1.807, 2.05) is 27.7 Å². The van der Waals surface area contributed by atoms with Crippen molar-refractivity contribution < 1.29 is 19.5 Å². The summed E-state index contributed by atoms with van der Waals surface area (Å²) in [4.78, 5) is 35.8. The zero-order valence-electron chi connectivity index (χ0n) is 14.0. The predicted octanol–water partition coefficient (Wildman–Crippen LogP) is 2.95. The van der Waals surface area contributed by atoms with E-state index >= 15 is 0 Å². The number of hydrogen-bond donors (Lipinski definition) is 3. The molecule has 0 bridgehead atoms. The van der Waals surface area contributed by atoms with Crippen molar-refractivity contribution in [1.82, 2.24) is 5.32 Å². The Morgan fingerprint density at radius 1 is 1.17 bits per heavy atom. The van der Waals surface area contributed by atoms with Crippen LogP contribution < -0.4 is 10.6 Å². The minimum Gasteiger partial charge on any atom is -0.478 e. The molecule has 0 aliphatic carbocycles. The lowest BCUT2D eigenvalue weighted by Gasteiger charge is -2.08. The molecule has 0 unspecified atom stereocenters. The fraction of sp³-hybridized carbons (Fsp3) is 0.562. The van der Waals surface area contributed by atoms with Gasteiger partial charge in [0.05, 0.1) is 5.56 Å². The summed E-state index contributed by atoms with van der Waals surface area (Å²) in [5.74, 6) is -1.38. The van der Waals surface area contributed by atoms with Crippen molar-refractivity contribution in [3.63, 3.8) is 0 Å². The van der Waals surface area contributed by atoms with Crippen LogP contribution in [0.25, 0.3) is 0 Å². The molecule has 0 saturated carbocycles. The summed E-state index contributed by atoms with van der Waals surface area (Å²) < 4.78 is 0. The lowest BCUT2D eigenvalue weighted by Crippen LogP contribution is -2.30. The first-order valence-corrected chi connectivity index (χ1v) is 8.52. The van der Waals surface area contributed by atoms with Gasteiger partial charge in [-0.05, 0) is 39.2 Å². The Hall–Kier alpha value is -1.89. The van der Waals surface area contributed by atoms with Gasteiger partial charge in [0.1, 0.15) is 5.00 Å². The van der Waals surface area contributed by atoms with Crippen molar-refractivity contribution in [2.45, 2.75) is 59.4 Å². The molecule has 0 saturated heterocycles. The number of carboxylic acid groups (broad SMARTS) is 1. The molecule has 0 aliphatic heterocycles. The van der Waals surface area contributed by atoms with Crippen LogP contribution in [0.4, 0.5) is 5.00 Å². The van der Waals surface area contributed by atoms with Crippen LogP contribution in [0.5, 0.6) is 0 Å². The van der Waals surface area contributed by atoms with Crippen molar-refractivity contribution in [3.05, 3.63) is 16.0 Å². The fourth-order valence-corrected chi connectivity index (χ4v) is 3.46. The lowest BCUT2D eigenvalue weighted by atomic mass is 10.1. The van der Waals surface area contributed by atoms with Gasteiger partial charge < -0.3 is 15.7 Å². The van der Waals surface area contributed by atoms with Crippen molar-refractivity contribution in [1.29, 1.82) is 0 Å². The summed E-state index contributed by atoms with van der Waals surface area (Å²) in [7, 11) is 0.